The first-order valence-electron chi connectivity index (χ1n) is 7.09. The normalized spacial score (nSPS) is 15.9. The summed E-state index contributed by atoms with van der Waals surface area (Å²) in [6, 6.07) is 2.61. The van der Waals surface area contributed by atoms with Gasteiger partial charge in [-0.2, -0.15) is 0 Å². The third-order valence-corrected chi connectivity index (χ3v) is 2.91. The molecule has 0 atom stereocenters. The fraction of sp³-hybridized carbons (Fsp3) is 0.500. The van der Waals surface area contributed by atoms with Crippen LogP contribution in [0.4, 0.5) is 11.4 Å². The highest BCUT2D eigenvalue weighted by atomic mass is 16.6. The molecule has 1 aliphatic heterocycles. The predicted octanol–water partition coefficient (Wildman–Crippen LogP) is 1.36. The monoisotopic (exact) mass is 326 g/mol. The van der Waals surface area contributed by atoms with Crippen LogP contribution in [-0.2, 0) is 14.3 Å². The number of benzene rings is 1. The number of nitro groups is 1. The number of carbonyl (C=O) groups is 1. The van der Waals surface area contributed by atoms with Crippen molar-refractivity contribution < 1.29 is 28.7 Å². The lowest BCUT2D eigenvalue weighted by molar-refractivity contribution is -0.384. The number of carbonyl (C=O) groups excluding carboxylic acids is 1. The largest absolute Gasteiger partial charge is 0.487 e. The average Bonchev–Trinajstić information content (AvgIpc) is 2.47. The number of nitrogens with zero attached hydrogens (tertiary/aromatic N) is 1. The van der Waals surface area contributed by atoms with E-state index in [0.717, 1.165) is 0 Å². The summed E-state index contributed by atoms with van der Waals surface area (Å²) >= 11 is 0. The van der Waals surface area contributed by atoms with Crippen molar-refractivity contribution in [3.63, 3.8) is 0 Å². The van der Waals surface area contributed by atoms with Gasteiger partial charge in [-0.05, 0) is 0 Å². The number of nitrogens with one attached hydrogen (secondary N) is 1. The Morgan fingerprint density at radius 1 is 1.04 bits per heavy atom. The summed E-state index contributed by atoms with van der Waals surface area (Å²) in [5, 5.41) is 13.6. The molecule has 9 nitrogen and oxygen atoms in total. The molecule has 1 aliphatic rings. The summed E-state index contributed by atoms with van der Waals surface area (Å²) < 4.78 is 21.7. The number of ether oxygens (including phenoxy) is 4. The molecular weight excluding hydrogens is 308 g/mol. The molecule has 0 spiro atoms. The third-order valence-electron chi connectivity index (χ3n) is 2.91. The highest BCUT2D eigenvalue weighted by molar-refractivity contribution is 5.92. The Morgan fingerprint density at radius 3 is 2.09 bits per heavy atom. The maximum absolute atomic E-state index is 11.2. The van der Waals surface area contributed by atoms with Crippen LogP contribution in [0.5, 0.6) is 11.5 Å². The maximum atomic E-state index is 11.2. The van der Waals surface area contributed by atoms with Gasteiger partial charge in [0, 0.05) is 13.0 Å². The quantitative estimate of drug-likeness (QED) is 0.645. The Kier molecular flexibility index (Phi) is 6.12. The second-order valence-electron chi connectivity index (χ2n) is 4.68. The van der Waals surface area contributed by atoms with E-state index < -0.39 is 10.8 Å². The molecule has 0 fully saturated rings. The van der Waals surface area contributed by atoms with Gasteiger partial charge in [0.15, 0.2) is 11.5 Å². The Balaban J connectivity index is 2.31. The topological polar surface area (TPSA) is 109 Å². The highest BCUT2D eigenvalue weighted by Crippen LogP contribution is 2.38. The van der Waals surface area contributed by atoms with Crippen molar-refractivity contribution in [2.24, 2.45) is 0 Å². The standard InChI is InChI=1S/C14H18N2O7/c1-10(17)15-11-8-13-14(9-12(11)16(18)19)23-7-5-21-3-2-20-4-6-22-13/h8-9H,2-7H2,1H3,(H,15,17). The molecule has 0 aromatic heterocycles. The van der Waals surface area contributed by atoms with Crippen molar-refractivity contribution in [2.75, 3.05) is 45.0 Å². The highest BCUT2D eigenvalue weighted by Gasteiger charge is 2.21. The molecular formula is C14H18N2O7. The van der Waals surface area contributed by atoms with E-state index in [0.29, 0.717) is 32.2 Å². The Hall–Kier alpha value is -2.39. The van der Waals surface area contributed by atoms with E-state index in [4.69, 9.17) is 18.9 Å². The molecule has 1 amide bonds. The van der Waals surface area contributed by atoms with Crippen LogP contribution in [0.2, 0.25) is 0 Å². The minimum absolute atomic E-state index is 0.0501. The predicted molar refractivity (Wildman–Crippen MR) is 80.0 cm³/mol. The first kappa shape index (κ1) is 17.0. The van der Waals surface area contributed by atoms with Gasteiger partial charge in [-0.1, -0.05) is 0 Å². The van der Waals surface area contributed by atoms with Gasteiger partial charge < -0.3 is 24.3 Å². The van der Waals surface area contributed by atoms with Crippen LogP contribution in [0.25, 0.3) is 0 Å². The molecule has 1 aromatic carbocycles. The van der Waals surface area contributed by atoms with E-state index in [2.05, 4.69) is 5.32 Å². The van der Waals surface area contributed by atoms with Crippen LogP contribution >= 0.6 is 0 Å². The SMILES string of the molecule is CC(=O)Nc1cc2c(cc1[N+](=O)[O-])OCCOCCOCCO2. The van der Waals surface area contributed by atoms with Crippen LogP contribution in [0.15, 0.2) is 12.1 Å². The van der Waals surface area contributed by atoms with Crippen LogP contribution in [0, 0.1) is 10.1 Å². The Bertz CT molecular complexity index is 576. The smallest absolute Gasteiger partial charge is 0.296 e. The van der Waals surface area contributed by atoms with E-state index in [9.17, 15) is 14.9 Å². The molecule has 2 rings (SSSR count). The van der Waals surface area contributed by atoms with Gasteiger partial charge in [-0.3, -0.25) is 14.9 Å². The fourth-order valence-electron chi connectivity index (χ4n) is 1.96. The second-order valence-corrected chi connectivity index (χ2v) is 4.68. The molecule has 1 aromatic rings. The van der Waals surface area contributed by atoms with Crippen LogP contribution in [-0.4, -0.2) is 50.5 Å². The molecule has 1 N–H and O–H groups in total. The number of amides is 1. The molecule has 126 valence electrons. The van der Waals surface area contributed by atoms with Crippen molar-refractivity contribution in [3.05, 3.63) is 22.2 Å². The molecule has 0 radical (unpaired) electrons. The summed E-state index contributed by atoms with van der Waals surface area (Å²) in [6.45, 7) is 3.29. The van der Waals surface area contributed by atoms with E-state index in [1.165, 1.54) is 19.1 Å². The first-order chi connectivity index (χ1) is 11.1. The summed E-state index contributed by atoms with van der Waals surface area (Å²) in [5.74, 6) is 0.0948. The summed E-state index contributed by atoms with van der Waals surface area (Å²) in [4.78, 5) is 21.8. The average molecular weight is 326 g/mol. The van der Waals surface area contributed by atoms with Gasteiger partial charge >= 0.3 is 0 Å². The number of anilines is 1. The Morgan fingerprint density at radius 2 is 1.57 bits per heavy atom. The number of rotatable bonds is 2. The lowest BCUT2D eigenvalue weighted by atomic mass is 10.2. The van der Waals surface area contributed by atoms with Crippen molar-refractivity contribution in [1.82, 2.24) is 0 Å². The van der Waals surface area contributed by atoms with E-state index in [1.807, 2.05) is 0 Å². The van der Waals surface area contributed by atoms with Crippen molar-refractivity contribution in [1.29, 1.82) is 0 Å². The van der Waals surface area contributed by atoms with Gasteiger partial charge in [0.25, 0.3) is 5.69 Å². The summed E-state index contributed by atoms with van der Waals surface area (Å²) in [6.07, 6.45) is 0. The number of fused-ring (bicyclic) bond motifs is 1. The lowest BCUT2D eigenvalue weighted by Crippen LogP contribution is -2.16. The number of hydrogen-bond donors (Lipinski definition) is 1. The third kappa shape index (κ3) is 5.08. The van der Waals surface area contributed by atoms with Crippen LogP contribution < -0.4 is 14.8 Å². The molecule has 1 heterocycles. The van der Waals surface area contributed by atoms with Gasteiger partial charge in [0.05, 0.1) is 37.4 Å². The van der Waals surface area contributed by atoms with Crippen LogP contribution in [0.1, 0.15) is 6.92 Å². The van der Waals surface area contributed by atoms with Gasteiger partial charge in [-0.25, -0.2) is 0 Å². The molecule has 0 bridgehead atoms. The van der Waals surface area contributed by atoms with E-state index >= 15 is 0 Å². The zero-order valence-corrected chi connectivity index (χ0v) is 12.7. The molecule has 0 unspecified atom stereocenters. The number of hydrogen-bond acceptors (Lipinski definition) is 7. The number of nitro benzene ring substituents is 1. The summed E-state index contributed by atoms with van der Waals surface area (Å²) in [7, 11) is 0. The molecule has 0 saturated carbocycles. The van der Waals surface area contributed by atoms with Gasteiger partial charge in [0.2, 0.25) is 5.91 Å². The van der Waals surface area contributed by atoms with Crippen LogP contribution in [0.3, 0.4) is 0 Å². The second kappa shape index (κ2) is 8.30. The first-order valence-corrected chi connectivity index (χ1v) is 7.09. The van der Waals surface area contributed by atoms with Gasteiger partial charge in [-0.15, -0.1) is 0 Å². The lowest BCUT2D eigenvalue weighted by Gasteiger charge is -2.16. The van der Waals surface area contributed by atoms with Crippen molar-refractivity contribution in [2.45, 2.75) is 6.92 Å². The van der Waals surface area contributed by atoms with Gasteiger partial charge in [0.1, 0.15) is 18.9 Å². The Labute approximate surface area is 132 Å². The van der Waals surface area contributed by atoms with Crippen molar-refractivity contribution >= 4 is 17.3 Å². The minimum Gasteiger partial charge on any atom is -0.487 e. The van der Waals surface area contributed by atoms with E-state index in [1.54, 1.807) is 0 Å². The van der Waals surface area contributed by atoms with Crippen molar-refractivity contribution in [3.8, 4) is 11.5 Å². The van der Waals surface area contributed by atoms with E-state index in [-0.39, 0.29) is 30.3 Å². The molecule has 9 heteroatoms. The fourth-order valence-corrected chi connectivity index (χ4v) is 1.96. The molecule has 23 heavy (non-hydrogen) atoms. The minimum atomic E-state index is -0.593. The molecule has 0 saturated heterocycles. The zero-order valence-electron chi connectivity index (χ0n) is 12.7. The summed E-state index contributed by atoms with van der Waals surface area (Å²) in [5.41, 5.74) is -0.221. The molecule has 0 aliphatic carbocycles. The zero-order chi connectivity index (χ0) is 16.7. The maximum Gasteiger partial charge on any atom is 0.296 e.